The van der Waals surface area contributed by atoms with E-state index in [0.717, 1.165) is 0 Å². The molecule has 8 atom stereocenters. The lowest BCUT2D eigenvalue weighted by atomic mass is 10.0. The van der Waals surface area contributed by atoms with Crippen molar-refractivity contribution in [2.75, 3.05) is 19.8 Å². The highest BCUT2D eigenvalue weighted by molar-refractivity contribution is 5.56. The van der Waals surface area contributed by atoms with E-state index in [1.807, 2.05) is 0 Å². The van der Waals surface area contributed by atoms with Gasteiger partial charge >= 0.3 is 0 Å². The fourth-order valence-electron chi connectivity index (χ4n) is 1.29. The standard InChI is InChI=1S/C6H14O6.C6H12O6/c2*7-1-3(9)5(11)6(12)4(10)2-8/h3-12H,1-2H2;1,3-6,8-12H,2H2/t2*3-,4-,5-,6-/m11/s1. The van der Waals surface area contributed by atoms with Crippen molar-refractivity contribution in [3.8, 4) is 0 Å². The number of aldehydes is 1. The number of aliphatic hydroxyl groups is 11. The Bertz CT molecular complexity index is 302. The van der Waals surface area contributed by atoms with E-state index in [-0.39, 0.29) is 6.29 Å². The number of aliphatic hydroxyl groups excluding tert-OH is 11. The van der Waals surface area contributed by atoms with Gasteiger partial charge in [0.05, 0.1) is 19.8 Å². The molecule has 0 aliphatic carbocycles. The van der Waals surface area contributed by atoms with Crippen LogP contribution in [0.1, 0.15) is 0 Å². The maximum atomic E-state index is 9.90. The number of rotatable bonds is 10. The number of carbonyl (C=O) groups excluding carboxylic acids is 1. The van der Waals surface area contributed by atoms with Gasteiger partial charge in [0.25, 0.3) is 0 Å². The molecule has 0 aromatic carbocycles. The summed E-state index contributed by atoms with van der Waals surface area (Å²) in [4.78, 5) is 9.90. The quantitative estimate of drug-likeness (QED) is 0.162. The van der Waals surface area contributed by atoms with Crippen LogP contribution in [0.15, 0.2) is 0 Å². The van der Waals surface area contributed by atoms with Gasteiger partial charge in [-0.25, -0.2) is 0 Å². The molecule has 0 unspecified atom stereocenters. The molecular formula is C12H26O12. The maximum Gasteiger partial charge on any atom is 0.151 e. The van der Waals surface area contributed by atoms with Crippen LogP contribution in [0.3, 0.4) is 0 Å². The molecule has 0 heterocycles. The van der Waals surface area contributed by atoms with Crippen molar-refractivity contribution in [3.05, 3.63) is 0 Å². The van der Waals surface area contributed by atoms with E-state index in [1.54, 1.807) is 0 Å². The van der Waals surface area contributed by atoms with Gasteiger partial charge in [-0.3, -0.25) is 0 Å². The van der Waals surface area contributed by atoms with Gasteiger partial charge in [0.15, 0.2) is 6.29 Å². The summed E-state index contributed by atoms with van der Waals surface area (Å²) in [5.41, 5.74) is 0. The van der Waals surface area contributed by atoms with Crippen LogP contribution in [0.25, 0.3) is 0 Å². The summed E-state index contributed by atoms with van der Waals surface area (Å²) in [6.45, 7) is -2.21. The molecular weight excluding hydrogens is 336 g/mol. The highest BCUT2D eigenvalue weighted by atomic mass is 16.4. The van der Waals surface area contributed by atoms with Crippen molar-refractivity contribution in [1.82, 2.24) is 0 Å². The first kappa shape index (κ1) is 25.5. The molecule has 146 valence electrons. The van der Waals surface area contributed by atoms with E-state index in [9.17, 15) is 4.79 Å². The molecule has 12 heteroatoms. The molecule has 0 radical (unpaired) electrons. The Kier molecular flexibility index (Phi) is 14.3. The Balaban J connectivity index is 0. The van der Waals surface area contributed by atoms with E-state index in [1.165, 1.54) is 0 Å². The van der Waals surface area contributed by atoms with E-state index < -0.39 is 68.7 Å². The highest BCUT2D eigenvalue weighted by Gasteiger charge is 2.30. The fourth-order valence-corrected chi connectivity index (χ4v) is 1.29. The van der Waals surface area contributed by atoms with Crippen molar-refractivity contribution in [2.45, 2.75) is 48.8 Å². The first-order chi connectivity index (χ1) is 11.1. The second kappa shape index (κ2) is 13.5. The van der Waals surface area contributed by atoms with Gasteiger partial charge in [-0.05, 0) is 0 Å². The molecule has 0 aromatic rings. The molecule has 0 amide bonds. The lowest BCUT2D eigenvalue weighted by Gasteiger charge is -2.24. The van der Waals surface area contributed by atoms with Crippen molar-refractivity contribution < 1.29 is 61.0 Å². The molecule has 0 saturated heterocycles. The zero-order chi connectivity index (χ0) is 19.4. The number of hydrogen-bond donors (Lipinski definition) is 11. The van der Waals surface area contributed by atoms with Crippen LogP contribution in [-0.4, -0.2) is 131 Å². The third-order valence-corrected chi connectivity index (χ3v) is 2.93. The Morgan fingerprint density at radius 1 is 0.542 bits per heavy atom. The van der Waals surface area contributed by atoms with Crippen molar-refractivity contribution in [3.63, 3.8) is 0 Å². The second-order valence-corrected chi connectivity index (χ2v) is 4.84. The van der Waals surface area contributed by atoms with Gasteiger partial charge in [-0.15, -0.1) is 0 Å². The Morgan fingerprint density at radius 3 is 1.00 bits per heavy atom. The lowest BCUT2D eigenvalue weighted by Crippen LogP contribution is -2.46. The van der Waals surface area contributed by atoms with Gasteiger partial charge in [0.2, 0.25) is 0 Å². The summed E-state index contributed by atoms with van der Waals surface area (Å²) in [6.07, 6.45) is -13.2. The predicted octanol–water partition coefficient (Wildman–Crippen LogP) is -6.96. The Morgan fingerprint density at radius 2 is 0.792 bits per heavy atom. The first-order valence-electron chi connectivity index (χ1n) is 6.81. The van der Waals surface area contributed by atoms with Crippen molar-refractivity contribution in [1.29, 1.82) is 0 Å². The number of hydrogen-bond acceptors (Lipinski definition) is 12. The highest BCUT2D eigenvalue weighted by Crippen LogP contribution is 2.04. The average molecular weight is 362 g/mol. The monoisotopic (exact) mass is 362 g/mol. The SMILES string of the molecule is O=C[C@@H](O)[C@@H](O)[C@H](O)[C@H](O)CO.OC[C@@H](O)[C@@H](O)[C@H](O)[C@H](O)CO. The summed E-state index contributed by atoms with van der Waals surface area (Å²) in [6, 6.07) is 0. The first-order valence-corrected chi connectivity index (χ1v) is 6.81. The molecule has 0 fully saturated rings. The molecule has 12 nitrogen and oxygen atoms in total. The maximum absolute atomic E-state index is 9.90. The molecule has 0 spiro atoms. The average Bonchev–Trinajstić information content (AvgIpc) is 2.62. The molecule has 0 saturated carbocycles. The van der Waals surface area contributed by atoms with Crippen LogP contribution in [0.4, 0.5) is 0 Å². The van der Waals surface area contributed by atoms with E-state index in [0.29, 0.717) is 0 Å². The molecule has 24 heavy (non-hydrogen) atoms. The van der Waals surface area contributed by atoms with Crippen molar-refractivity contribution >= 4 is 6.29 Å². The zero-order valence-corrected chi connectivity index (χ0v) is 12.6. The second-order valence-electron chi connectivity index (χ2n) is 4.84. The van der Waals surface area contributed by atoms with E-state index >= 15 is 0 Å². The van der Waals surface area contributed by atoms with Crippen LogP contribution < -0.4 is 0 Å². The topological polar surface area (TPSA) is 240 Å². The third-order valence-electron chi connectivity index (χ3n) is 2.93. The molecule has 0 aliphatic rings. The number of carbonyl (C=O) groups is 1. The summed E-state index contributed by atoms with van der Waals surface area (Å²) >= 11 is 0. The van der Waals surface area contributed by atoms with Gasteiger partial charge in [0, 0.05) is 0 Å². The minimum atomic E-state index is -1.79. The Hall–Kier alpha value is -0.770. The van der Waals surface area contributed by atoms with E-state index in [4.69, 9.17) is 56.2 Å². The van der Waals surface area contributed by atoms with Crippen LogP contribution in [-0.2, 0) is 4.79 Å². The lowest BCUT2D eigenvalue weighted by molar-refractivity contribution is -0.136. The van der Waals surface area contributed by atoms with Gasteiger partial charge in [-0.1, -0.05) is 0 Å². The largest absolute Gasteiger partial charge is 0.394 e. The van der Waals surface area contributed by atoms with Crippen LogP contribution in [0, 0.1) is 0 Å². The molecule has 0 aliphatic heterocycles. The van der Waals surface area contributed by atoms with Gasteiger partial charge in [0.1, 0.15) is 48.8 Å². The zero-order valence-electron chi connectivity index (χ0n) is 12.6. The smallest absolute Gasteiger partial charge is 0.151 e. The molecule has 0 rings (SSSR count). The molecule has 0 aromatic heterocycles. The summed E-state index contributed by atoms with van der Waals surface area (Å²) in [5.74, 6) is 0. The predicted molar refractivity (Wildman–Crippen MR) is 75.4 cm³/mol. The summed E-state index contributed by atoms with van der Waals surface area (Å²) in [5, 5.41) is 95.7. The summed E-state index contributed by atoms with van der Waals surface area (Å²) < 4.78 is 0. The normalized spacial score (nSPS) is 21.3. The van der Waals surface area contributed by atoms with Crippen LogP contribution >= 0.6 is 0 Å². The minimum absolute atomic E-state index is 0.0258. The van der Waals surface area contributed by atoms with E-state index in [2.05, 4.69) is 0 Å². The van der Waals surface area contributed by atoms with Crippen LogP contribution in [0.2, 0.25) is 0 Å². The van der Waals surface area contributed by atoms with Gasteiger partial charge < -0.3 is 61.0 Å². The third kappa shape index (κ3) is 8.91. The fraction of sp³-hybridized carbons (Fsp3) is 0.917. The van der Waals surface area contributed by atoms with Crippen LogP contribution in [0.5, 0.6) is 0 Å². The van der Waals surface area contributed by atoms with Gasteiger partial charge in [-0.2, -0.15) is 0 Å². The molecule has 0 bridgehead atoms. The molecule has 11 N–H and O–H groups in total. The summed E-state index contributed by atoms with van der Waals surface area (Å²) in [7, 11) is 0. The minimum Gasteiger partial charge on any atom is -0.394 e. The van der Waals surface area contributed by atoms with Crippen molar-refractivity contribution in [2.24, 2.45) is 0 Å². The Labute approximate surface area is 137 Å².